The number of carbonyl (C=O) groups excluding carboxylic acids is 2. The predicted octanol–water partition coefficient (Wildman–Crippen LogP) is 5.68. The van der Waals surface area contributed by atoms with Gasteiger partial charge in [-0.1, -0.05) is 45.2 Å². The van der Waals surface area contributed by atoms with Gasteiger partial charge in [0.05, 0.1) is 30.7 Å². The number of rotatable bonds is 7. The van der Waals surface area contributed by atoms with Crippen molar-refractivity contribution in [3.8, 4) is 5.75 Å². The monoisotopic (exact) mass is 578 g/mol. The van der Waals surface area contributed by atoms with E-state index in [0.717, 1.165) is 6.07 Å². The van der Waals surface area contributed by atoms with Crippen LogP contribution in [0.4, 0.5) is 11.4 Å². The fourth-order valence-electron chi connectivity index (χ4n) is 4.01. The first-order valence-corrected chi connectivity index (χ1v) is 11.7. The van der Waals surface area contributed by atoms with Gasteiger partial charge >= 0.3 is 5.69 Å². The summed E-state index contributed by atoms with van der Waals surface area (Å²) in [5, 5.41) is 23.7. The summed E-state index contributed by atoms with van der Waals surface area (Å²) >= 11 is 15.6. The Kier molecular flexibility index (Phi) is 6.88. The summed E-state index contributed by atoms with van der Waals surface area (Å²) in [6.45, 7) is 0.0357. The number of nitro groups is 1. The van der Waals surface area contributed by atoms with Gasteiger partial charge in [-0.05, 0) is 48.0 Å². The number of ketones is 1. The standard InChI is InChI=1S/C24H17BrCl2N2O6/c1-35-22-7-3-13(8-20(22)29(33)34)21(30)11-24(32)17-9-15(25)4-6-19(17)28(23(24)31)12-14-2-5-16(26)10-18(14)27/h2-10,32H,11-12H2,1H3. The van der Waals surface area contributed by atoms with E-state index in [1.165, 1.54) is 24.1 Å². The molecule has 0 radical (unpaired) electrons. The number of benzene rings is 3. The molecule has 4 rings (SSSR count). The van der Waals surface area contributed by atoms with Crippen molar-refractivity contribution < 1.29 is 24.4 Å². The second-order valence-electron chi connectivity index (χ2n) is 7.89. The van der Waals surface area contributed by atoms with E-state index in [-0.39, 0.29) is 23.4 Å². The predicted molar refractivity (Wildman–Crippen MR) is 134 cm³/mol. The van der Waals surface area contributed by atoms with Crippen molar-refractivity contribution in [2.75, 3.05) is 12.0 Å². The molecule has 180 valence electrons. The minimum absolute atomic E-state index is 0.0116. The fourth-order valence-corrected chi connectivity index (χ4v) is 4.84. The van der Waals surface area contributed by atoms with Crippen LogP contribution >= 0.6 is 39.1 Å². The second kappa shape index (κ2) is 9.58. The van der Waals surface area contributed by atoms with E-state index >= 15 is 0 Å². The third kappa shape index (κ3) is 4.64. The molecule has 1 atom stereocenters. The van der Waals surface area contributed by atoms with Crippen molar-refractivity contribution in [1.29, 1.82) is 0 Å². The van der Waals surface area contributed by atoms with E-state index in [4.69, 9.17) is 27.9 Å². The van der Waals surface area contributed by atoms with E-state index in [9.17, 15) is 24.8 Å². The van der Waals surface area contributed by atoms with E-state index in [1.807, 2.05) is 0 Å². The Balaban J connectivity index is 1.71. The van der Waals surface area contributed by atoms with Crippen molar-refractivity contribution in [2.24, 2.45) is 0 Å². The number of aliphatic hydroxyl groups is 1. The number of methoxy groups -OCH3 is 1. The Labute approximate surface area is 218 Å². The summed E-state index contributed by atoms with van der Waals surface area (Å²) in [4.78, 5) is 38.7. The van der Waals surface area contributed by atoms with Crippen LogP contribution in [0, 0.1) is 10.1 Å². The lowest BCUT2D eigenvalue weighted by atomic mass is 9.88. The molecule has 0 bridgehead atoms. The molecule has 0 spiro atoms. The molecule has 1 aliphatic rings. The maximum absolute atomic E-state index is 13.5. The van der Waals surface area contributed by atoms with E-state index < -0.39 is 34.3 Å². The highest BCUT2D eigenvalue weighted by molar-refractivity contribution is 9.10. The Bertz CT molecular complexity index is 1380. The molecule has 11 heteroatoms. The van der Waals surface area contributed by atoms with Crippen LogP contribution in [-0.4, -0.2) is 28.8 Å². The van der Waals surface area contributed by atoms with Crippen LogP contribution in [0.2, 0.25) is 10.0 Å². The van der Waals surface area contributed by atoms with E-state index in [0.29, 0.717) is 25.8 Å². The lowest BCUT2D eigenvalue weighted by molar-refractivity contribution is -0.385. The smallest absolute Gasteiger partial charge is 0.311 e. The van der Waals surface area contributed by atoms with Crippen molar-refractivity contribution >= 4 is 62.2 Å². The molecule has 1 aliphatic heterocycles. The molecule has 35 heavy (non-hydrogen) atoms. The van der Waals surface area contributed by atoms with Gasteiger partial charge in [-0.2, -0.15) is 0 Å². The molecule has 1 amide bonds. The molecule has 0 aliphatic carbocycles. The average molecular weight is 580 g/mol. The molecule has 0 aromatic heterocycles. The van der Waals surface area contributed by atoms with E-state index in [2.05, 4.69) is 15.9 Å². The molecular formula is C24H17BrCl2N2O6. The molecule has 3 aromatic carbocycles. The number of anilines is 1. The topological polar surface area (TPSA) is 110 Å². The van der Waals surface area contributed by atoms with Gasteiger partial charge in [0.2, 0.25) is 0 Å². The first-order chi connectivity index (χ1) is 16.5. The summed E-state index contributed by atoms with van der Waals surface area (Å²) in [6, 6.07) is 13.5. The number of ether oxygens (including phenoxy) is 1. The van der Waals surface area contributed by atoms with Crippen molar-refractivity contribution in [3.63, 3.8) is 0 Å². The molecule has 1 unspecified atom stereocenters. The largest absolute Gasteiger partial charge is 0.490 e. The molecular weight excluding hydrogens is 563 g/mol. The molecule has 1 heterocycles. The fraction of sp³-hybridized carbons (Fsp3) is 0.167. The molecule has 0 fully saturated rings. The lowest BCUT2D eigenvalue weighted by Gasteiger charge is -2.23. The molecule has 1 N–H and O–H groups in total. The zero-order valence-electron chi connectivity index (χ0n) is 18.1. The van der Waals surface area contributed by atoms with Crippen LogP contribution < -0.4 is 9.64 Å². The summed E-state index contributed by atoms with van der Waals surface area (Å²) in [5.74, 6) is -1.38. The third-order valence-corrected chi connectivity index (χ3v) is 6.83. The highest BCUT2D eigenvalue weighted by Gasteiger charge is 2.51. The van der Waals surface area contributed by atoms with Gasteiger partial charge in [-0.3, -0.25) is 19.7 Å². The first-order valence-electron chi connectivity index (χ1n) is 10.2. The Morgan fingerprint density at radius 3 is 2.57 bits per heavy atom. The van der Waals surface area contributed by atoms with Crippen LogP contribution in [0.25, 0.3) is 0 Å². The van der Waals surface area contributed by atoms with Gasteiger partial charge in [0, 0.05) is 31.7 Å². The molecule has 3 aromatic rings. The van der Waals surface area contributed by atoms with Crippen molar-refractivity contribution in [2.45, 2.75) is 18.6 Å². The van der Waals surface area contributed by atoms with Crippen LogP contribution in [0.15, 0.2) is 59.1 Å². The lowest BCUT2D eigenvalue weighted by Crippen LogP contribution is -2.41. The van der Waals surface area contributed by atoms with E-state index in [1.54, 1.807) is 36.4 Å². The Morgan fingerprint density at radius 1 is 1.17 bits per heavy atom. The third-order valence-electron chi connectivity index (χ3n) is 5.75. The van der Waals surface area contributed by atoms with Gasteiger partial charge in [-0.15, -0.1) is 0 Å². The molecule has 8 nitrogen and oxygen atoms in total. The normalized spacial score (nSPS) is 16.8. The SMILES string of the molecule is COc1ccc(C(=O)CC2(O)C(=O)N(Cc3ccc(Cl)cc3Cl)c3ccc(Br)cc32)cc1[N+](=O)[O-]. The maximum Gasteiger partial charge on any atom is 0.311 e. The number of nitro benzene ring substituents is 1. The van der Waals surface area contributed by atoms with Gasteiger partial charge in [0.25, 0.3) is 5.91 Å². The highest BCUT2D eigenvalue weighted by Crippen LogP contribution is 2.45. The van der Waals surface area contributed by atoms with Crippen LogP contribution in [0.1, 0.15) is 27.9 Å². The number of amides is 1. The number of hydrogen-bond acceptors (Lipinski definition) is 6. The number of nitrogens with zero attached hydrogens (tertiary/aromatic N) is 2. The minimum Gasteiger partial charge on any atom is -0.490 e. The zero-order valence-corrected chi connectivity index (χ0v) is 21.2. The van der Waals surface area contributed by atoms with Gasteiger partial charge in [-0.25, -0.2) is 0 Å². The number of halogens is 3. The Morgan fingerprint density at radius 2 is 1.91 bits per heavy atom. The average Bonchev–Trinajstić information content (AvgIpc) is 3.01. The summed E-state index contributed by atoms with van der Waals surface area (Å²) in [5.41, 5.74) is -1.37. The second-order valence-corrected chi connectivity index (χ2v) is 9.65. The zero-order chi connectivity index (χ0) is 25.5. The minimum atomic E-state index is -2.19. The quantitative estimate of drug-likeness (QED) is 0.219. The van der Waals surface area contributed by atoms with Gasteiger partial charge in [0.15, 0.2) is 17.1 Å². The highest BCUT2D eigenvalue weighted by atomic mass is 79.9. The van der Waals surface area contributed by atoms with Gasteiger partial charge in [0.1, 0.15) is 0 Å². The van der Waals surface area contributed by atoms with Crippen LogP contribution in [0.5, 0.6) is 5.75 Å². The summed E-state index contributed by atoms with van der Waals surface area (Å²) < 4.78 is 5.57. The molecule has 0 saturated carbocycles. The first kappa shape index (κ1) is 25.1. The number of carbonyl (C=O) groups is 2. The van der Waals surface area contributed by atoms with Crippen LogP contribution in [-0.2, 0) is 16.9 Å². The van der Waals surface area contributed by atoms with Crippen LogP contribution in [0.3, 0.4) is 0 Å². The number of fused-ring (bicyclic) bond motifs is 1. The van der Waals surface area contributed by atoms with Gasteiger partial charge < -0.3 is 14.7 Å². The van der Waals surface area contributed by atoms with Crippen molar-refractivity contribution in [1.82, 2.24) is 0 Å². The maximum atomic E-state index is 13.5. The number of hydrogen-bond donors (Lipinski definition) is 1. The Hall–Kier alpha value is -2.98. The number of Topliss-reactive ketones (excluding diaryl/α,β-unsaturated/α-hetero) is 1. The summed E-state index contributed by atoms with van der Waals surface area (Å²) in [7, 11) is 1.28. The van der Waals surface area contributed by atoms with Crippen molar-refractivity contribution in [3.05, 3.63) is 95.9 Å². The molecule has 0 saturated heterocycles. The summed E-state index contributed by atoms with van der Waals surface area (Å²) in [6.07, 6.45) is -0.621.